The largest absolute Gasteiger partial charge is 0.464 e. The molecular formula is C19H36O3. The lowest BCUT2D eigenvalue weighted by Crippen LogP contribution is -2.14. The molecular weight excluding hydrogens is 276 g/mol. The Morgan fingerprint density at radius 2 is 1.50 bits per heavy atom. The number of carbonyl (C=O) groups is 1. The predicted molar refractivity (Wildman–Crippen MR) is 91.0 cm³/mol. The van der Waals surface area contributed by atoms with Crippen LogP contribution in [0.15, 0.2) is 0 Å². The number of ether oxygens (including phenoxy) is 2. The lowest BCUT2D eigenvalue weighted by molar-refractivity contribution is -0.149. The fourth-order valence-electron chi connectivity index (χ4n) is 2.68. The Labute approximate surface area is 137 Å². The van der Waals surface area contributed by atoms with Crippen LogP contribution in [0.3, 0.4) is 0 Å². The Morgan fingerprint density at radius 1 is 0.864 bits per heavy atom. The molecule has 0 saturated heterocycles. The summed E-state index contributed by atoms with van der Waals surface area (Å²) in [6, 6.07) is 0. The van der Waals surface area contributed by atoms with Gasteiger partial charge < -0.3 is 9.47 Å². The minimum absolute atomic E-state index is 0.125. The van der Waals surface area contributed by atoms with Crippen molar-refractivity contribution in [2.75, 3.05) is 19.8 Å². The van der Waals surface area contributed by atoms with E-state index in [-0.39, 0.29) is 12.6 Å². The van der Waals surface area contributed by atoms with E-state index in [1.807, 2.05) is 0 Å². The molecule has 3 nitrogen and oxygen atoms in total. The third kappa shape index (κ3) is 13.1. The Bertz CT molecular complexity index is 261. The van der Waals surface area contributed by atoms with E-state index in [1.54, 1.807) is 0 Å². The lowest BCUT2D eigenvalue weighted by Gasteiger charge is -2.06. The molecule has 0 bridgehead atoms. The number of unbranched alkanes of at least 4 members (excludes halogenated alkanes) is 8. The summed E-state index contributed by atoms with van der Waals surface area (Å²) in [6.45, 7) is 3.63. The molecule has 0 unspecified atom stereocenters. The van der Waals surface area contributed by atoms with E-state index in [0.29, 0.717) is 13.2 Å². The highest BCUT2D eigenvalue weighted by atomic mass is 16.6. The molecule has 0 aromatic rings. The topological polar surface area (TPSA) is 35.5 Å². The summed E-state index contributed by atoms with van der Waals surface area (Å²) >= 11 is 0. The highest BCUT2D eigenvalue weighted by Crippen LogP contribution is 2.33. The molecule has 0 spiro atoms. The summed E-state index contributed by atoms with van der Waals surface area (Å²) in [7, 11) is 0. The van der Waals surface area contributed by atoms with Crippen LogP contribution in [0.1, 0.15) is 90.4 Å². The molecule has 1 rings (SSSR count). The Balaban J connectivity index is 1.70. The Morgan fingerprint density at radius 3 is 2.14 bits per heavy atom. The molecule has 0 aromatic carbocycles. The summed E-state index contributed by atoms with van der Waals surface area (Å²) in [5.41, 5.74) is 0. The van der Waals surface area contributed by atoms with Gasteiger partial charge in [-0.25, -0.2) is 4.79 Å². The van der Waals surface area contributed by atoms with Crippen molar-refractivity contribution in [3.8, 4) is 0 Å². The lowest BCUT2D eigenvalue weighted by atomic mass is 10.1. The quantitative estimate of drug-likeness (QED) is 0.288. The molecule has 0 atom stereocenters. The van der Waals surface area contributed by atoms with Gasteiger partial charge in [-0.1, -0.05) is 71.1 Å². The van der Waals surface area contributed by atoms with Crippen LogP contribution in [0, 0.1) is 5.92 Å². The summed E-state index contributed by atoms with van der Waals surface area (Å²) in [5, 5.41) is 0. The van der Waals surface area contributed by atoms with Crippen molar-refractivity contribution in [1.82, 2.24) is 0 Å². The molecule has 1 fully saturated rings. The zero-order chi connectivity index (χ0) is 15.9. The van der Waals surface area contributed by atoms with Gasteiger partial charge in [0.2, 0.25) is 0 Å². The molecule has 0 aliphatic heterocycles. The fraction of sp³-hybridized carbons (Fsp3) is 0.947. The smallest absolute Gasteiger partial charge is 0.332 e. The minimum Gasteiger partial charge on any atom is -0.464 e. The monoisotopic (exact) mass is 312 g/mol. The first-order chi connectivity index (χ1) is 10.8. The van der Waals surface area contributed by atoms with Gasteiger partial charge in [-0.2, -0.15) is 0 Å². The zero-order valence-corrected chi connectivity index (χ0v) is 14.6. The van der Waals surface area contributed by atoms with Gasteiger partial charge in [0.1, 0.15) is 6.61 Å². The van der Waals surface area contributed by atoms with Crippen molar-refractivity contribution in [1.29, 1.82) is 0 Å². The van der Waals surface area contributed by atoms with Gasteiger partial charge in [0.15, 0.2) is 0 Å². The zero-order valence-electron chi connectivity index (χ0n) is 14.6. The maximum Gasteiger partial charge on any atom is 0.332 e. The molecule has 1 aliphatic rings. The summed E-state index contributed by atoms with van der Waals surface area (Å²) in [6.07, 6.45) is 16.7. The number of rotatable bonds is 16. The molecule has 1 saturated carbocycles. The van der Waals surface area contributed by atoms with E-state index in [0.717, 1.165) is 18.8 Å². The molecule has 0 N–H and O–H groups in total. The third-order valence-corrected chi connectivity index (χ3v) is 4.33. The molecule has 0 aromatic heterocycles. The summed E-state index contributed by atoms with van der Waals surface area (Å²) < 4.78 is 10.5. The van der Waals surface area contributed by atoms with E-state index in [2.05, 4.69) is 6.92 Å². The maximum absolute atomic E-state index is 11.4. The van der Waals surface area contributed by atoms with Crippen molar-refractivity contribution < 1.29 is 14.3 Å². The summed E-state index contributed by atoms with van der Waals surface area (Å²) in [5.74, 6) is 0.716. The van der Waals surface area contributed by atoms with Crippen LogP contribution in [-0.4, -0.2) is 25.8 Å². The van der Waals surface area contributed by atoms with Crippen LogP contribution in [0.2, 0.25) is 0 Å². The van der Waals surface area contributed by atoms with Crippen molar-refractivity contribution in [2.45, 2.75) is 90.4 Å². The second-order valence-electron chi connectivity index (χ2n) is 6.69. The number of hydrogen-bond acceptors (Lipinski definition) is 3. The van der Waals surface area contributed by atoms with Crippen LogP contribution in [-0.2, 0) is 14.3 Å². The van der Waals surface area contributed by atoms with Gasteiger partial charge in [0.25, 0.3) is 0 Å². The van der Waals surface area contributed by atoms with Crippen LogP contribution in [0.25, 0.3) is 0 Å². The molecule has 0 heterocycles. The predicted octanol–water partition coefficient (Wildman–Crippen LogP) is 5.27. The second kappa shape index (κ2) is 14.0. The number of esters is 1. The molecule has 3 heteroatoms. The van der Waals surface area contributed by atoms with Gasteiger partial charge in [-0.15, -0.1) is 0 Å². The molecule has 22 heavy (non-hydrogen) atoms. The van der Waals surface area contributed by atoms with Crippen LogP contribution < -0.4 is 0 Å². The first-order valence-electron chi connectivity index (χ1n) is 9.56. The average Bonchev–Trinajstić information content (AvgIpc) is 3.33. The van der Waals surface area contributed by atoms with Crippen LogP contribution in [0.5, 0.6) is 0 Å². The highest BCUT2D eigenvalue weighted by Gasteiger charge is 2.20. The van der Waals surface area contributed by atoms with Gasteiger partial charge in [-0.3, -0.25) is 0 Å². The number of carbonyl (C=O) groups excluding carboxylic acids is 1. The van der Waals surface area contributed by atoms with E-state index >= 15 is 0 Å². The second-order valence-corrected chi connectivity index (χ2v) is 6.69. The number of hydrogen-bond donors (Lipinski definition) is 0. The van der Waals surface area contributed by atoms with Gasteiger partial charge in [-0.05, 0) is 25.2 Å². The van der Waals surface area contributed by atoms with Crippen molar-refractivity contribution in [3.05, 3.63) is 0 Å². The average molecular weight is 312 g/mol. The Kier molecular flexibility index (Phi) is 12.4. The standard InChI is InChI=1S/C19H36O3/c1-2-3-4-5-6-7-8-9-10-15-21-17-19(20)22-16-11-12-18-13-14-18/h18H,2-17H2,1H3. The van der Waals surface area contributed by atoms with E-state index in [1.165, 1.54) is 70.6 Å². The Hall–Kier alpha value is -0.570. The van der Waals surface area contributed by atoms with Gasteiger partial charge in [0, 0.05) is 6.61 Å². The normalized spacial score (nSPS) is 14.2. The minimum atomic E-state index is -0.202. The van der Waals surface area contributed by atoms with E-state index in [9.17, 15) is 4.79 Å². The van der Waals surface area contributed by atoms with E-state index in [4.69, 9.17) is 9.47 Å². The van der Waals surface area contributed by atoms with E-state index < -0.39 is 0 Å². The van der Waals surface area contributed by atoms with Crippen LogP contribution in [0.4, 0.5) is 0 Å². The summed E-state index contributed by atoms with van der Waals surface area (Å²) in [4.78, 5) is 11.4. The molecule has 0 radical (unpaired) electrons. The van der Waals surface area contributed by atoms with Crippen molar-refractivity contribution >= 4 is 5.97 Å². The van der Waals surface area contributed by atoms with Crippen molar-refractivity contribution in [3.63, 3.8) is 0 Å². The first kappa shape index (κ1) is 19.5. The fourth-order valence-corrected chi connectivity index (χ4v) is 2.68. The molecule has 1 aliphatic carbocycles. The third-order valence-electron chi connectivity index (χ3n) is 4.33. The van der Waals surface area contributed by atoms with Crippen LogP contribution >= 0.6 is 0 Å². The SMILES string of the molecule is CCCCCCCCCCCOCC(=O)OCCCC1CC1. The first-order valence-corrected chi connectivity index (χ1v) is 9.56. The van der Waals surface area contributed by atoms with Crippen molar-refractivity contribution in [2.24, 2.45) is 5.92 Å². The molecule has 0 amide bonds. The maximum atomic E-state index is 11.4. The highest BCUT2D eigenvalue weighted by molar-refractivity contribution is 5.70. The van der Waals surface area contributed by atoms with Gasteiger partial charge in [0.05, 0.1) is 6.61 Å². The van der Waals surface area contributed by atoms with Gasteiger partial charge >= 0.3 is 5.97 Å². The molecule has 130 valence electrons.